The van der Waals surface area contributed by atoms with E-state index in [1.54, 1.807) is 6.20 Å². The third-order valence-electron chi connectivity index (χ3n) is 5.82. The molecule has 0 saturated carbocycles. The lowest BCUT2D eigenvalue weighted by Gasteiger charge is -2.22. The van der Waals surface area contributed by atoms with Crippen molar-refractivity contribution >= 4 is 28.8 Å². The van der Waals surface area contributed by atoms with Crippen molar-refractivity contribution in [3.05, 3.63) is 60.8 Å². The largest absolute Gasteiger partial charge is 0.380 e. The van der Waals surface area contributed by atoms with Gasteiger partial charge in [0.1, 0.15) is 12.5 Å². The molecule has 0 spiro atoms. The highest BCUT2D eigenvalue weighted by Gasteiger charge is 2.14. The molecule has 0 aliphatic carbocycles. The van der Waals surface area contributed by atoms with Crippen LogP contribution < -0.4 is 20.7 Å². The lowest BCUT2D eigenvalue weighted by molar-refractivity contribution is 0.152. The molecule has 2 aliphatic heterocycles. The van der Waals surface area contributed by atoms with Gasteiger partial charge in [-0.05, 0) is 48.9 Å². The van der Waals surface area contributed by atoms with Crippen LogP contribution in [0.15, 0.2) is 65.8 Å². The van der Waals surface area contributed by atoms with Crippen molar-refractivity contribution in [3.63, 3.8) is 0 Å². The Kier molecular flexibility index (Phi) is 6.34. The van der Waals surface area contributed by atoms with Gasteiger partial charge >= 0.3 is 0 Å². The van der Waals surface area contributed by atoms with Gasteiger partial charge in [-0.25, -0.2) is 15.0 Å². The normalized spacial score (nSPS) is 16.2. The Morgan fingerprint density at radius 3 is 2.79 bits per heavy atom. The molecule has 0 amide bonds. The van der Waals surface area contributed by atoms with Crippen molar-refractivity contribution in [2.75, 3.05) is 48.2 Å². The van der Waals surface area contributed by atoms with E-state index in [0.717, 1.165) is 67.6 Å². The van der Waals surface area contributed by atoms with Gasteiger partial charge in [0.05, 0.1) is 18.0 Å². The number of amidine groups is 1. The molecule has 2 aliphatic rings. The topological polar surface area (TPSA) is 77.9 Å². The van der Waals surface area contributed by atoms with Crippen LogP contribution in [0.3, 0.4) is 0 Å². The van der Waals surface area contributed by atoms with Crippen LogP contribution in [-0.2, 0) is 4.74 Å². The summed E-state index contributed by atoms with van der Waals surface area (Å²) in [4.78, 5) is 16.0. The van der Waals surface area contributed by atoms with Gasteiger partial charge in [0.15, 0.2) is 0 Å². The summed E-state index contributed by atoms with van der Waals surface area (Å²) < 4.78 is 5.60. The van der Waals surface area contributed by atoms with E-state index < -0.39 is 0 Å². The number of nitrogens with zero attached hydrogens (tertiary/aromatic N) is 5. The average Bonchev–Trinajstić information content (AvgIpc) is 3.18. The number of benzene rings is 2. The smallest absolute Gasteiger partial charge is 0.227 e. The maximum atomic E-state index is 5.60. The van der Waals surface area contributed by atoms with E-state index in [-0.39, 0.29) is 0 Å². The summed E-state index contributed by atoms with van der Waals surface area (Å²) in [6.45, 7) is 6.25. The molecule has 1 aromatic heterocycles. The fourth-order valence-corrected chi connectivity index (χ4v) is 4.02. The number of rotatable bonds is 6. The van der Waals surface area contributed by atoms with Gasteiger partial charge in [-0.15, -0.1) is 0 Å². The zero-order valence-corrected chi connectivity index (χ0v) is 18.9. The van der Waals surface area contributed by atoms with Crippen LogP contribution in [0.25, 0.3) is 11.3 Å². The molecule has 33 heavy (non-hydrogen) atoms. The van der Waals surface area contributed by atoms with Crippen molar-refractivity contribution in [1.82, 2.24) is 15.4 Å². The number of hydrogen-bond donors (Lipinski definition) is 2. The number of nitrogens with one attached hydrogen (secondary N) is 2. The second kappa shape index (κ2) is 9.87. The summed E-state index contributed by atoms with van der Waals surface area (Å²) in [5, 5.41) is 5.35. The fraction of sp³-hybridized carbons (Fsp3) is 0.320. The quantitative estimate of drug-likeness (QED) is 0.591. The van der Waals surface area contributed by atoms with Crippen LogP contribution >= 0.6 is 0 Å². The van der Waals surface area contributed by atoms with Crippen molar-refractivity contribution in [3.8, 4) is 11.3 Å². The minimum absolute atomic E-state index is 0.574. The second-order valence-corrected chi connectivity index (χ2v) is 8.08. The molecule has 3 heterocycles. The zero-order chi connectivity index (χ0) is 22.5. The van der Waals surface area contributed by atoms with Crippen molar-refractivity contribution in [1.29, 1.82) is 0 Å². The Hall–Kier alpha value is -3.65. The predicted octanol–water partition coefficient (Wildman–Crippen LogP) is 4.20. The van der Waals surface area contributed by atoms with Gasteiger partial charge in [0, 0.05) is 49.3 Å². The second-order valence-electron chi connectivity index (χ2n) is 8.08. The molecule has 8 nitrogen and oxygen atoms in total. The van der Waals surface area contributed by atoms with E-state index in [2.05, 4.69) is 68.9 Å². The Labute approximate surface area is 194 Å². The molecule has 5 rings (SSSR count). The fourth-order valence-electron chi connectivity index (χ4n) is 4.02. The Balaban J connectivity index is 1.28. The number of anilines is 4. The Morgan fingerprint density at radius 2 is 1.94 bits per heavy atom. The minimum atomic E-state index is 0.574. The van der Waals surface area contributed by atoms with Gasteiger partial charge in [-0.2, -0.15) is 0 Å². The SMILES string of the molecule is CCC1=NCN(c2ccc(Nc3nccc(-c4cccc(N5CCCOCC5)c4)n3)cc2)N1. The summed E-state index contributed by atoms with van der Waals surface area (Å²) in [5.74, 6) is 1.58. The van der Waals surface area contributed by atoms with Gasteiger partial charge in [0.2, 0.25) is 5.95 Å². The van der Waals surface area contributed by atoms with Crippen LogP contribution in [0.4, 0.5) is 23.0 Å². The maximum Gasteiger partial charge on any atom is 0.227 e. The first-order valence-electron chi connectivity index (χ1n) is 11.5. The summed E-state index contributed by atoms with van der Waals surface area (Å²) in [6.07, 6.45) is 3.74. The van der Waals surface area contributed by atoms with E-state index in [1.165, 1.54) is 5.69 Å². The number of ether oxygens (including phenoxy) is 1. The third-order valence-corrected chi connectivity index (χ3v) is 5.82. The van der Waals surface area contributed by atoms with E-state index in [0.29, 0.717) is 12.6 Å². The van der Waals surface area contributed by atoms with Gasteiger partial charge < -0.3 is 15.0 Å². The Morgan fingerprint density at radius 1 is 1.03 bits per heavy atom. The van der Waals surface area contributed by atoms with Crippen molar-refractivity contribution < 1.29 is 4.74 Å². The number of aromatic nitrogens is 2. The number of hydrogen-bond acceptors (Lipinski definition) is 8. The zero-order valence-electron chi connectivity index (χ0n) is 18.9. The molecule has 2 aromatic carbocycles. The van der Waals surface area contributed by atoms with E-state index in [1.807, 2.05) is 23.2 Å². The Bertz CT molecular complexity index is 1110. The molecule has 2 N–H and O–H groups in total. The molecule has 0 bridgehead atoms. The molecule has 1 saturated heterocycles. The third kappa shape index (κ3) is 5.06. The van der Waals surface area contributed by atoms with Gasteiger partial charge in [0.25, 0.3) is 0 Å². The number of hydrazine groups is 1. The molecule has 0 unspecified atom stereocenters. The molecule has 1 fully saturated rings. The monoisotopic (exact) mass is 443 g/mol. The first-order chi connectivity index (χ1) is 16.3. The predicted molar refractivity (Wildman–Crippen MR) is 133 cm³/mol. The number of aliphatic imine (C=N–C) groups is 1. The van der Waals surface area contributed by atoms with Gasteiger partial charge in [-0.1, -0.05) is 19.1 Å². The highest BCUT2D eigenvalue weighted by Crippen LogP contribution is 2.26. The van der Waals surface area contributed by atoms with Gasteiger partial charge in [-0.3, -0.25) is 10.4 Å². The summed E-state index contributed by atoms with van der Waals surface area (Å²) in [6, 6.07) is 18.6. The van der Waals surface area contributed by atoms with Crippen LogP contribution in [0.1, 0.15) is 19.8 Å². The first-order valence-corrected chi connectivity index (χ1v) is 11.5. The van der Waals surface area contributed by atoms with Crippen LogP contribution in [0, 0.1) is 0 Å². The van der Waals surface area contributed by atoms with Crippen LogP contribution in [0.5, 0.6) is 0 Å². The summed E-state index contributed by atoms with van der Waals surface area (Å²) in [5.41, 5.74) is 8.48. The van der Waals surface area contributed by atoms with E-state index in [4.69, 9.17) is 9.72 Å². The molecule has 3 aromatic rings. The van der Waals surface area contributed by atoms with Crippen LogP contribution in [-0.4, -0.2) is 48.8 Å². The standard InChI is InChI=1S/C25H29N7O/c1-2-24-27-18-32(30-24)21-9-7-20(8-10-21)28-25-26-12-11-23(29-25)19-5-3-6-22(17-19)31-13-4-15-33-16-14-31/h3,5-12,17H,2,4,13-16,18H2,1H3,(H,27,30)(H,26,28,29). The maximum absolute atomic E-state index is 5.60. The van der Waals surface area contributed by atoms with Crippen molar-refractivity contribution in [2.45, 2.75) is 19.8 Å². The lowest BCUT2D eigenvalue weighted by Crippen LogP contribution is -2.35. The highest BCUT2D eigenvalue weighted by molar-refractivity contribution is 5.85. The highest BCUT2D eigenvalue weighted by atomic mass is 16.5. The molecule has 8 heteroatoms. The van der Waals surface area contributed by atoms with E-state index in [9.17, 15) is 0 Å². The molecule has 0 radical (unpaired) electrons. The molecular formula is C25H29N7O. The van der Waals surface area contributed by atoms with Crippen molar-refractivity contribution in [2.24, 2.45) is 4.99 Å². The molecule has 0 atom stereocenters. The molecule has 170 valence electrons. The lowest BCUT2D eigenvalue weighted by atomic mass is 10.1. The summed E-state index contributed by atoms with van der Waals surface area (Å²) in [7, 11) is 0. The molecular weight excluding hydrogens is 414 g/mol. The average molecular weight is 444 g/mol. The van der Waals surface area contributed by atoms with E-state index >= 15 is 0 Å². The first kappa shape index (κ1) is 21.2. The minimum Gasteiger partial charge on any atom is -0.380 e. The summed E-state index contributed by atoms with van der Waals surface area (Å²) >= 11 is 0. The van der Waals surface area contributed by atoms with Crippen LogP contribution in [0.2, 0.25) is 0 Å².